The van der Waals surface area contributed by atoms with Gasteiger partial charge in [-0.3, -0.25) is 9.59 Å². The number of rotatable bonds is 5. The van der Waals surface area contributed by atoms with E-state index in [1.165, 1.54) is 42.4 Å². The molecule has 2 saturated carbocycles. The van der Waals surface area contributed by atoms with Crippen molar-refractivity contribution in [3.8, 4) is 0 Å². The summed E-state index contributed by atoms with van der Waals surface area (Å²) in [6, 6.07) is 8.08. The van der Waals surface area contributed by atoms with Crippen LogP contribution < -0.4 is 5.32 Å². The molecule has 41 heavy (non-hydrogen) atoms. The summed E-state index contributed by atoms with van der Waals surface area (Å²) in [7, 11) is 0. The zero-order valence-electron chi connectivity index (χ0n) is 26.2. The summed E-state index contributed by atoms with van der Waals surface area (Å²) in [5.74, 6) is 3.49. The fraction of sp³-hybridized carbons (Fsp3) is 0.639. The number of amides is 1. The van der Waals surface area contributed by atoms with Crippen LogP contribution in [-0.4, -0.2) is 21.6 Å². The van der Waals surface area contributed by atoms with Crippen LogP contribution in [0.25, 0.3) is 0 Å². The first-order chi connectivity index (χ1) is 19.4. The first-order valence-corrected chi connectivity index (χ1v) is 16.0. The molecule has 0 bridgehead atoms. The lowest BCUT2D eigenvalue weighted by Crippen LogP contribution is -2.54. The Kier molecular flexibility index (Phi) is 6.90. The third kappa shape index (κ3) is 4.44. The van der Waals surface area contributed by atoms with Crippen LogP contribution in [0, 0.1) is 47.3 Å². The summed E-state index contributed by atoms with van der Waals surface area (Å²) in [6.45, 7) is 15.8. The van der Waals surface area contributed by atoms with Crippen molar-refractivity contribution < 1.29 is 9.59 Å². The number of allylic oxidation sites excluding steroid dienone is 2. The van der Waals surface area contributed by atoms with Crippen LogP contribution in [-0.2, 0) is 16.6 Å². The van der Waals surface area contributed by atoms with Gasteiger partial charge < -0.3 is 5.32 Å². The van der Waals surface area contributed by atoms with Crippen molar-refractivity contribution in [2.75, 3.05) is 5.32 Å². The monoisotopic (exact) mass is 555 g/mol. The number of nitrogens with zero attached hydrogens (tertiary/aromatic N) is 2. The van der Waals surface area contributed by atoms with Gasteiger partial charge in [-0.25, -0.2) is 4.68 Å². The molecule has 5 nitrogen and oxygen atoms in total. The van der Waals surface area contributed by atoms with Crippen molar-refractivity contribution in [1.29, 1.82) is 0 Å². The van der Waals surface area contributed by atoms with Gasteiger partial charge in [0.25, 0.3) is 0 Å². The fourth-order valence-corrected chi connectivity index (χ4v) is 10.6. The highest BCUT2D eigenvalue weighted by Crippen LogP contribution is 2.68. The number of aromatic nitrogens is 2. The molecule has 0 radical (unpaired) electrons. The molecule has 0 unspecified atom stereocenters. The van der Waals surface area contributed by atoms with Gasteiger partial charge in [0.1, 0.15) is 0 Å². The number of carbonyl (C=O) groups excluding carboxylic acids is 2. The van der Waals surface area contributed by atoms with E-state index in [-0.39, 0.29) is 22.6 Å². The lowest BCUT2D eigenvalue weighted by molar-refractivity contribution is -0.116. The number of fused-ring (bicyclic) bond motifs is 6. The standard InChI is InChI=1S/C36H49N3O2/c1-22-8-11-26(12-9-22)38-32(41)17-10-23(2)28-14-15-29-27-13-16-31-34(4,5)33-25(21-37-39(33)24(3)40)20-36(31,7)30(27)18-19-35(28,29)6/h8-9,11-12,16,21,23,27-30H,10,13-15,17-20H2,1-7H3,(H,38,41)/t23-,27+,28-,29+,30+,35-,36-/m1/s1. The number of aryl methyl sites for hydroxylation is 1. The predicted octanol–water partition coefficient (Wildman–Crippen LogP) is 8.14. The summed E-state index contributed by atoms with van der Waals surface area (Å²) < 4.78 is 1.66. The topological polar surface area (TPSA) is 64.0 Å². The molecule has 5 heteroatoms. The van der Waals surface area contributed by atoms with Gasteiger partial charge in [-0.05, 0) is 110 Å². The molecule has 220 valence electrons. The summed E-state index contributed by atoms with van der Waals surface area (Å²) >= 11 is 0. The lowest BCUT2D eigenvalue weighted by atomic mass is 9.44. The highest BCUT2D eigenvalue weighted by Gasteiger charge is 2.61. The molecule has 1 aromatic heterocycles. The third-order valence-electron chi connectivity index (χ3n) is 12.4. The summed E-state index contributed by atoms with van der Waals surface area (Å²) in [6.07, 6.45) is 13.4. The molecule has 4 aliphatic rings. The molecule has 6 rings (SSSR count). The minimum Gasteiger partial charge on any atom is -0.326 e. The SMILES string of the molecule is CC(=O)n1ncc2c1C(C)(C)C1=CC[C@H]3[C@@H]4CC[C@H]([C@H](C)CCC(=O)Nc5ccc(C)cc5)[C@@]4(C)CC[C@@H]3[C@@]1(C)C2. The first kappa shape index (κ1) is 28.4. The number of carbonyl (C=O) groups is 2. The van der Waals surface area contributed by atoms with E-state index in [9.17, 15) is 9.59 Å². The summed E-state index contributed by atoms with van der Waals surface area (Å²) in [5, 5.41) is 7.65. The van der Waals surface area contributed by atoms with Crippen LogP contribution in [0.2, 0.25) is 0 Å². The van der Waals surface area contributed by atoms with Crippen molar-refractivity contribution in [3.05, 3.63) is 58.9 Å². The predicted molar refractivity (Wildman–Crippen MR) is 165 cm³/mol. The maximum atomic E-state index is 12.8. The van der Waals surface area contributed by atoms with Gasteiger partial charge in [-0.2, -0.15) is 5.10 Å². The van der Waals surface area contributed by atoms with Crippen LogP contribution in [0.15, 0.2) is 42.1 Å². The van der Waals surface area contributed by atoms with Crippen LogP contribution in [0.3, 0.4) is 0 Å². The van der Waals surface area contributed by atoms with Crippen LogP contribution in [0.1, 0.15) is 108 Å². The van der Waals surface area contributed by atoms with Crippen molar-refractivity contribution in [1.82, 2.24) is 9.78 Å². The van der Waals surface area contributed by atoms with Crippen molar-refractivity contribution in [2.24, 2.45) is 40.4 Å². The average Bonchev–Trinajstić information content (AvgIpc) is 3.50. The van der Waals surface area contributed by atoms with Crippen LogP contribution in [0.5, 0.6) is 0 Å². The molecule has 1 aromatic carbocycles. The molecule has 0 aliphatic heterocycles. The van der Waals surface area contributed by atoms with E-state index in [0.717, 1.165) is 36.6 Å². The fourth-order valence-electron chi connectivity index (χ4n) is 10.6. The largest absolute Gasteiger partial charge is 0.326 e. The Morgan fingerprint density at radius 2 is 1.80 bits per heavy atom. The van der Waals surface area contributed by atoms with E-state index in [4.69, 9.17) is 0 Å². The zero-order valence-corrected chi connectivity index (χ0v) is 26.2. The van der Waals surface area contributed by atoms with Crippen molar-refractivity contribution >= 4 is 17.5 Å². The van der Waals surface area contributed by atoms with Gasteiger partial charge in [-0.1, -0.05) is 64.0 Å². The second-order valence-corrected chi connectivity index (χ2v) is 15.1. The third-order valence-corrected chi connectivity index (χ3v) is 12.4. The van der Waals surface area contributed by atoms with Gasteiger partial charge >= 0.3 is 0 Å². The molecule has 2 aromatic rings. The maximum Gasteiger partial charge on any atom is 0.244 e. The number of hydrogen-bond donors (Lipinski definition) is 1. The highest BCUT2D eigenvalue weighted by atomic mass is 16.2. The Morgan fingerprint density at radius 3 is 2.51 bits per heavy atom. The Labute approximate surface area is 246 Å². The molecule has 1 amide bonds. The number of nitrogens with one attached hydrogen (secondary N) is 1. The van der Waals surface area contributed by atoms with Crippen molar-refractivity contribution in [2.45, 2.75) is 105 Å². The molecule has 1 heterocycles. The number of hydrogen-bond acceptors (Lipinski definition) is 3. The van der Waals surface area contributed by atoms with E-state index >= 15 is 0 Å². The van der Waals surface area contributed by atoms with E-state index in [1.807, 2.05) is 30.5 Å². The number of benzene rings is 1. The molecule has 0 spiro atoms. The number of anilines is 1. The Balaban J connectivity index is 1.17. The molecule has 1 N–H and O–H groups in total. The Morgan fingerprint density at radius 1 is 1.07 bits per heavy atom. The quantitative estimate of drug-likeness (QED) is 0.379. The van der Waals surface area contributed by atoms with E-state index in [2.05, 4.69) is 58.0 Å². The van der Waals surface area contributed by atoms with E-state index in [1.54, 1.807) is 11.6 Å². The second-order valence-electron chi connectivity index (χ2n) is 15.1. The second kappa shape index (κ2) is 9.95. The normalized spacial score (nSPS) is 34.0. The Hall–Kier alpha value is -2.69. The van der Waals surface area contributed by atoms with Gasteiger partial charge in [0.05, 0.1) is 11.9 Å². The maximum absolute atomic E-state index is 12.8. The molecular weight excluding hydrogens is 506 g/mol. The molecule has 4 aliphatic carbocycles. The Bertz CT molecular complexity index is 1380. The van der Waals surface area contributed by atoms with Crippen LogP contribution in [0.4, 0.5) is 5.69 Å². The van der Waals surface area contributed by atoms with E-state index < -0.39 is 0 Å². The van der Waals surface area contributed by atoms with Crippen LogP contribution >= 0.6 is 0 Å². The molecular formula is C36H49N3O2. The average molecular weight is 556 g/mol. The zero-order chi connectivity index (χ0) is 29.3. The molecule has 0 saturated heterocycles. The van der Waals surface area contributed by atoms with E-state index in [0.29, 0.717) is 35.5 Å². The first-order valence-electron chi connectivity index (χ1n) is 16.0. The smallest absolute Gasteiger partial charge is 0.244 e. The summed E-state index contributed by atoms with van der Waals surface area (Å²) in [5.41, 5.74) is 6.28. The van der Waals surface area contributed by atoms with Gasteiger partial charge in [0.2, 0.25) is 11.8 Å². The van der Waals surface area contributed by atoms with Gasteiger partial charge in [-0.15, -0.1) is 0 Å². The van der Waals surface area contributed by atoms with Gasteiger partial charge in [0.15, 0.2) is 0 Å². The van der Waals surface area contributed by atoms with Gasteiger partial charge in [0, 0.05) is 24.4 Å². The summed E-state index contributed by atoms with van der Waals surface area (Å²) in [4.78, 5) is 25.2. The van der Waals surface area contributed by atoms with Crippen molar-refractivity contribution in [3.63, 3.8) is 0 Å². The molecule has 2 fully saturated rings. The molecule has 7 atom stereocenters. The lowest BCUT2D eigenvalue weighted by Gasteiger charge is -2.60. The highest BCUT2D eigenvalue weighted by molar-refractivity contribution is 5.90. The minimum absolute atomic E-state index is 0.00407. The minimum atomic E-state index is -0.192.